The molecular formula is C18H29NO. The molecule has 0 heterocycles. The molecule has 2 rings (SSSR count). The molecule has 0 saturated heterocycles. The Balaban J connectivity index is 2.18. The molecule has 1 saturated carbocycles. The largest absolute Gasteiger partial charge is 0.374 e. The molecule has 0 radical (unpaired) electrons. The van der Waals surface area contributed by atoms with Crippen molar-refractivity contribution in [1.29, 1.82) is 0 Å². The van der Waals surface area contributed by atoms with Gasteiger partial charge in [0.2, 0.25) is 0 Å². The van der Waals surface area contributed by atoms with E-state index < -0.39 is 0 Å². The lowest BCUT2D eigenvalue weighted by atomic mass is 9.76. The van der Waals surface area contributed by atoms with E-state index in [4.69, 9.17) is 10.5 Å². The average Bonchev–Trinajstić information content (AvgIpc) is 2.44. The lowest BCUT2D eigenvalue weighted by molar-refractivity contribution is -0.0818. The van der Waals surface area contributed by atoms with Crippen LogP contribution in [0.1, 0.15) is 55.7 Å². The zero-order valence-corrected chi connectivity index (χ0v) is 13.2. The molecule has 2 nitrogen and oxygen atoms in total. The number of hydrogen-bond acceptors (Lipinski definition) is 2. The van der Waals surface area contributed by atoms with Gasteiger partial charge in [-0.15, -0.1) is 0 Å². The van der Waals surface area contributed by atoms with Crippen LogP contribution in [0.4, 0.5) is 0 Å². The number of benzene rings is 1. The lowest BCUT2D eigenvalue weighted by Gasteiger charge is -2.42. The summed E-state index contributed by atoms with van der Waals surface area (Å²) in [4.78, 5) is 0. The van der Waals surface area contributed by atoms with Gasteiger partial charge in [0.25, 0.3) is 0 Å². The Labute approximate surface area is 123 Å². The molecule has 0 aromatic heterocycles. The van der Waals surface area contributed by atoms with Gasteiger partial charge in [-0.25, -0.2) is 0 Å². The number of aryl methyl sites for hydroxylation is 2. The summed E-state index contributed by atoms with van der Waals surface area (Å²) in [5.41, 5.74) is 10.6. The van der Waals surface area contributed by atoms with E-state index in [1.165, 1.54) is 36.0 Å². The third-order valence-corrected chi connectivity index (χ3v) is 4.88. The van der Waals surface area contributed by atoms with Crippen molar-refractivity contribution in [2.45, 2.75) is 70.9 Å². The Kier molecular flexibility index (Phi) is 5.22. The maximum Gasteiger partial charge on any atom is 0.0835 e. The van der Waals surface area contributed by atoms with Crippen molar-refractivity contribution in [3.05, 3.63) is 34.9 Å². The second-order valence-electron chi connectivity index (χ2n) is 6.24. The van der Waals surface area contributed by atoms with Crippen LogP contribution in [-0.2, 0) is 11.2 Å². The van der Waals surface area contributed by atoms with Crippen LogP contribution in [-0.4, -0.2) is 18.2 Å². The lowest BCUT2D eigenvalue weighted by Crippen LogP contribution is -2.52. The van der Waals surface area contributed by atoms with Crippen LogP contribution in [0.3, 0.4) is 0 Å². The summed E-state index contributed by atoms with van der Waals surface area (Å²) < 4.78 is 6.16. The Morgan fingerprint density at radius 2 is 1.75 bits per heavy atom. The maximum absolute atomic E-state index is 6.61. The number of ether oxygens (including phenoxy) is 1. The summed E-state index contributed by atoms with van der Waals surface area (Å²) in [5, 5.41) is 0. The molecule has 112 valence electrons. The molecule has 1 unspecified atom stereocenters. The standard InChI is InChI=1S/C18H29NO/c1-4-20-18(11-6-5-7-12-18)17(19)13-16-14(2)9-8-10-15(16)3/h8-10,17H,4-7,11-13,19H2,1-3H3. The Morgan fingerprint density at radius 1 is 1.15 bits per heavy atom. The minimum atomic E-state index is -0.0955. The zero-order chi connectivity index (χ0) is 14.6. The molecule has 1 atom stereocenters. The average molecular weight is 275 g/mol. The second kappa shape index (κ2) is 6.73. The van der Waals surface area contributed by atoms with E-state index in [-0.39, 0.29) is 11.6 Å². The number of rotatable bonds is 5. The molecule has 2 heteroatoms. The van der Waals surface area contributed by atoms with Crippen molar-refractivity contribution < 1.29 is 4.74 Å². The molecule has 1 fully saturated rings. The van der Waals surface area contributed by atoms with E-state index in [9.17, 15) is 0 Å². The molecule has 0 spiro atoms. The molecule has 1 aliphatic rings. The molecule has 0 aliphatic heterocycles. The van der Waals surface area contributed by atoms with Crippen molar-refractivity contribution in [1.82, 2.24) is 0 Å². The first-order chi connectivity index (χ1) is 9.59. The summed E-state index contributed by atoms with van der Waals surface area (Å²) in [6.07, 6.45) is 6.99. The van der Waals surface area contributed by atoms with Crippen LogP contribution in [0, 0.1) is 13.8 Å². The summed E-state index contributed by atoms with van der Waals surface area (Å²) in [5.74, 6) is 0. The van der Waals surface area contributed by atoms with Crippen LogP contribution in [0.5, 0.6) is 0 Å². The Bertz CT molecular complexity index is 409. The van der Waals surface area contributed by atoms with E-state index in [1.54, 1.807) is 0 Å². The minimum Gasteiger partial charge on any atom is -0.374 e. The molecule has 2 N–H and O–H groups in total. The first-order valence-electron chi connectivity index (χ1n) is 8.03. The zero-order valence-electron chi connectivity index (χ0n) is 13.2. The smallest absolute Gasteiger partial charge is 0.0835 e. The fraction of sp³-hybridized carbons (Fsp3) is 0.667. The molecule has 20 heavy (non-hydrogen) atoms. The number of nitrogens with two attached hydrogens (primary N) is 1. The van der Waals surface area contributed by atoms with Gasteiger partial charge in [0.15, 0.2) is 0 Å². The van der Waals surface area contributed by atoms with Gasteiger partial charge in [-0.3, -0.25) is 0 Å². The van der Waals surface area contributed by atoms with Gasteiger partial charge in [-0.1, -0.05) is 37.5 Å². The first kappa shape index (κ1) is 15.5. The van der Waals surface area contributed by atoms with E-state index in [0.29, 0.717) is 0 Å². The summed E-state index contributed by atoms with van der Waals surface area (Å²) in [7, 11) is 0. The SMILES string of the molecule is CCOC1(C(N)Cc2c(C)cccc2C)CCCCC1. The molecule has 1 aliphatic carbocycles. The van der Waals surface area contributed by atoms with Gasteiger partial charge < -0.3 is 10.5 Å². The highest BCUT2D eigenvalue weighted by Gasteiger charge is 2.38. The van der Waals surface area contributed by atoms with Gasteiger partial charge in [0.05, 0.1) is 5.60 Å². The predicted molar refractivity (Wildman–Crippen MR) is 85.0 cm³/mol. The van der Waals surface area contributed by atoms with Gasteiger partial charge in [-0.2, -0.15) is 0 Å². The van der Waals surface area contributed by atoms with E-state index in [0.717, 1.165) is 25.9 Å². The molecular weight excluding hydrogens is 246 g/mol. The van der Waals surface area contributed by atoms with Gasteiger partial charge in [0, 0.05) is 12.6 Å². The highest BCUT2D eigenvalue weighted by Crippen LogP contribution is 2.35. The quantitative estimate of drug-likeness (QED) is 0.884. The van der Waals surface area contributed by atoms with Gasteiger partial charge in [-0.05, 0) is 56.7 Å². The molecule has 1 aromatic rings. The van der Waals surface area contributed by atoms with Crippen molar-refractivity contribution in [3.8, 4) is 0 Å². The molecule has 1 aromatic carbocycles. The second-order valence-corrected chi connectivity index (χ2v) is 6.24. The highest BCUT2D eigenvalue weighted by molar-refractivity contribution is 5.34. The van der Waals surface area contributed by atoms with Crippen molar-refractivity contribution in [2.75, 3.05) is 6.61 Å². The minimum absolute atomic E-state index is 0.0955. The van der Waals surface area contributed by atoms with E-state index in [1.807, 2.05) is 0 Å². The van der Waals surface area contributed by atoms with Crippen LogP contribution >= 0.6 is 0 Å². The van der Waals surface area contributed by atoms with E-state index >= 15 is 0 Å². The van der Waals surface area contributed by atoms with Crippen molar-refractivity contribution in [2.24, 2.45) is 5.73 Å². The predicted octanol–water partition coefficient (Wildman–Crippen LogP) is 3.91. The Morgan fingerprint density at radius 3 is 2.30 bits per heavy atom. The third-order valence-electron chi connectivity index (χ3n) is 4.88. The third kappa shape index (κ3) is 3.24. The normalized spacial score (nSPS) is 19.8. The van der Waals surface area contributed by atoms with Gasteiger partial charge >= 0.3 is 0 Å². The monoisotopic (exact) mass is 275 g/mol. The van der Waals surface area contributed by atoms with Crippen LogP contribution in [0.15, 0.2) is 18.2 Å². The van der Waals surface area contributed by atoms with Crippen LogP contribution in [0.25, 0.3) is 0 Å². The van der Waals surface area contributed by atoms with E-state index in [2.05, 4.69) is 39.0 Å². The topological polar surface area (TPSA) is 35.2 Å². The maximum atomic E-state index is 6.61. The molecule has 0 amide bonds. The van der Waals surface area contributed by atoms with Crippen molar-refractivity contribution >= 4 is 0 Å². The fourth-order valence-electron chi connectivity index (χ4n) is 3.64. The van der Waals surface area contributed by atoms with Crippen LogP contribution in [0.2, 0.25) is 0 Å². The van der Waals surface area contributed by atoms with Crippen molar-refractivity contribution in [3.63, 3.8) is 0 Å². The summed E-state index contributed by atoms with van der Waals surface area (Å²) in [6.45, 7) is 7.22. The summed E-state index contributed by atoms with van der Waals surface area (Å²) in [6, 6.07) is 6.59. The fourth-order valence-corrected chi connectivity index (χ4v) is 3.64. The number of hydrogen-bond donors (Lipinski definition) is 1. The first-order valence-corrected chi connectivity index (χ1v) is 8.03. The van der Waals surface area contributed by atoms with Gasteiger partial charge in [0.1, 0.15) is 0 Å². The molecule has 0 bridgehead atoms. The Hall–Kier alpha value is -0.860. The summed E-state index contributed by atoms with van der Waals surface area (Å²) >= 11 is 0. The van der Waals surface area contributed by atoms with Crippen LogP contribution < -0.4 is 5.73 Å². The highest BCUT2D eigenvalue weighted by atomic mass is 16.5.